The third-order valence-electron chi connectivity index (χ3n) is 5.38. The Bertz CT molecular complexity index is 531. The van der Waals surface area contributed by atoms with Gasteiger partial charge in [-0.2, -0.15) is 0 Å². The lowest BCUT2D eigenvalue weighted by Gasteiger charge is -2.41. The summed E-state index contributed by atoms with van der Waals surface area (Å²) in [5, 5.41) is 8.63. The van der Waals surface area contributed by atoms with Crippen LogP contribution in [0.5, 0.6) is 0 Å². The summed E-state index contributed by atoms with van der Waals surface area (Å²) in [5.74, 6) is 7.22. The Hall–Kier alpha value is -1.24. The first-order valence-electron chi connectivity index (χ1n) is 9.28. The minimum Gasteiger partial charge on any atom is -0.336 e. The van der Waals surface area contributed by atoms with E-state index in [0.717, 1.165) is 0 Å². The van der Waals surface area contributed by atoms with Crippen LogP contribution in [0.15, 0.2) is 5.16 Å². The van der Waals surface area contributed by atoms with Gasteiger partial charge in [0.1, 0.15) is 5.82 Å². The molecule has 0 unspecified atom stereocenters. The molecule has 2 aliphatic carbocycles. The highest BCUT2D eigenvalue weighted by Crippen LogP contribution is 2.31. The number of aromatic nitrogens is 3. The largest absolute Gasteiger partial charge is 0.336 e. The molecule has 6 nitrogen and oxygen atoms in total. The molecule has 0 spiro atoms. The van der Waals surface area contributed by atoms with Crippen LogP contribution < -0.4 is 5.84 Å². The van der Waals surface area contributed by atoms with E-state index in [9.17, 15) is 4.79 Å². The second kappa shape index (κ2) is 8.23. The molecule has 0 aromatic carbocycles. The summed E-state index contributed by atoms with van der Waals surface area (Å²) in [6.45, 7) is 1.81. The zero-order valence-corrected chi connectivity index (χ0v) is 15.4. The van der Waals surface area contributed by atoms with Gasteiger partial charge in [0.25, 0.3) is 0 Å². The van der Waals surface area contributed by atoms with E-state index in [1.54, 1.807) is 0 Å². The Morgan fingerprint density at radius 3 is 2.08 bits per heavy atom. The Kier molecular flexibility index (Phi) is 6.03. The number of hydrogen-bond donors (Lipinski definition) is 1. The first-order chi connectivity index (χ1) is 11.7. The number of rotatable bonds is 5. The first-order valence-corrected chi connectivity index (χ1v) is 10.3. The van der Waals surface area contributed by atoms with Gasteiger partial charge in [-0.25, -0.2) is 4.68 Å². The number of nitrogens with two attached hydrogens (primary N) is 1. The van der Waals surface area contributed by atoms with Gasteiger partial charge < -0.3 is 10.7 Å². The molecule has 24 heavy (non-hydrogen) atoms. The van der Waals surface area contributed by atoms with Crippen molar-refractivity contribution in [2.75, 3.05) is 11.6 Å². The highest BCUT2D eigenvalue weighted by Gasteiger charge is 2.32. The van der Waals surface area contributed by atoms with Crippen LogP contribution in [0.4, 0.5) is 0 Å². The zero-order chi connectivity index (χ0) is 16.9. The molecule has 2 aliphatic rings. The van der Waals surface area contributed by atoms with Gasteiger partial charge in [0.15, 0.2) is 0 Å². The summed E-state index contributed by atoms with van der Waals surface area (Å²) in [5.41, 5.74) is 0. The minimum atomic E-state index is 0.249. The SMILES string of the molecule is Cc1nnc(SCC(=O)N(C2CCCCC2)C2CCCCC2)n1N. The summed E-state index contributed by atoms with van der Waals surface area (Å²) in [6, 6.07) is 0.875. The number of nitrogens with zero attached hydrogens (tertiary/aromatic N) is 4. The molecule has 1 heterocycles. The van der Waals surface area contributed by atoms with Gasteiger partial charge in [-0.1, -0.05) is 50.3 Å². The topological polar surface area (TPSA) is 77.0 Å². The molecule has 0 bridgehead atoms. The van der Waals surface area contributed by atoms with Crippen LogP contribution in [0.1, 0.15) is 70.0 Å². The lowest BCUT2D eigenvalue weighted by atomic mass is 9.88. The molecule has 2 saturated carbocycles. The lowest BCUT2D eigenvalue weighted by molar-refractivity contribution is -0.135. The first kappa shape index (κ1) is 17.6. The van der Waals surface area contributed by atoms with E-state index in [0.29, 0.717) is 28.8 Å². The van der Waals surface area contributed by atoms with Gasteiger partial charge in [0.2, 0.25) is 11.1 Å². The van der Waals surface area contributed by atoms with E-state index in [1.807, 2.05) is 6.92 Å². The molecule has 1 amide bonds. The molecular formula is C17H29N5OS. The van der Waals surface area contributed by atoms with Crippen molar-refractivity contribution in [2.24, 2.45) is 0 Å². The van der Waals surface area contributed by atoms with E-state index in [2.05, 4.69) is 15.1 Å². The summed E-state index contributed by atoms with van der Waals surface area (Å²) >= 11 is 1.41. The van der Waals surface area contributed by atoms with Crippen molar-refractivity contribution in [3.63, 3.8) is 0 Å². The third-order valence-corrected chi connectivity index (χ3v) is 6.31. The van der Waals surface area contributed by atoms with Crippen LogP contribution in [0.25, 0.3) is 0 Å². The normalized spacial score (nSPS) is 20.2. The van der Waals surface area contributed by atoms with Crippen LogP contribution in [0.2, 0.25) is 0 Å². The van der Waals surface area contributed by atoms with Crippen molar-refractivity contribution < 1.29 is 4.79 Å². The Balaban J connectivity index is 1.66. The van der Waals surface area contributed by atoms with E-state index in [4.69, 9.17) is 5.84 Å². The maximum absolute atomic E-state index is 13.0. The average molecular weight is 352 g/mol. The summed E-state index contributed by atoms with van der Waals surface area (Å²) in [7, 11) is 0. The second-order valence-electron chi connectivity index (χ2n) is 7.07. The fourth-order valence-corrected chi connectivity index (χ4v) is 4.84. The predicted molar refractivity (Wildman–Crippen MR) is 96.2 cm³/mol. The number of nitrogen functional groups attached to an aromatic ring is 1. The summed E-state index contributed by atoms with van der Waals surface area (Å²) in [6.07, 6.45) is 12.3. The quantitative estimate of drug-likeness (QED) is 0.652. The van der Waals surface area contributed by atoms with E-state index >= 15 is 0 Å². The van der Waals surface area contributed by atoms with Crippen LogP contribution in [0.3, 0.4) is 0 Å². The van der Waals surface area contributed by atoms with E-state index in [-0.39, 0.29) is 5.91 Å². The number of aryl methyl sites for hydroxylation is 1. The Morgan fingerprint density at radius 1 is 1.08 bits per heavy atom. The van der Waals surface area contributed by atoms with Crippen molar-refractivity contribution in [3.05, 3.63) is 5.82 Å². The molecular weight excluding hydrogens is 322 g/mol. The van der Waals surface area contributed by atoms with Crippen LogP contribution >= 0.6 is 11.8 Å². The smallest absolute Gasteiger partial charge is 0.233 e. The molecule has 1 aromatic rings. The Morgan fingerprint density at radius 2 is 1.62 bits per heavy atom. The molecule has 7 heteroatoms. The number of thioether (sulfide) groups is 1. The molecule has 0 atom stereocenters. The molecule has 3 rings (SSSR count). The van der Waals surface area contributed by atoms with Gasteiger partial charge in [-0.3, -0.25) is 4.79 Å². The van der Waals surface area contributed by atoms with Gasteiger partial charge in [0, 0.05) is 12.1 Å². The van der Waals surface area contributed by atoms with Gasteiger partial charge in [0.05, 0.1) is 5.75 Å². The molecule has 2 N–H and O–H groups in total. The monoisotopic (exact) mass is 351 g/mol. The molecule has 0 aliphatic heterocycles. The highest BCUT2D eigenvalue weighted by molar-refractivity contribution is 7.99. The standard InChI is InChI=1S/C17H29N5OS/c1-13-19-20-17(22(13)18)24-12-16(23)21(14-8-4-2-5-9-14)15-10-6-3-7-11-15/h14-15H,2-12,18H2,1H3. The molecule has 2 fully saturated rings. The molecule has 1 aromatic heterocycles. The second-order valence-corrected chi connectivity index (χ2v) is 8.02. The zero-order valence-electron chi connectivity index (χ0n) is 14.6. The van der Waals surface area contributed by atoms with Crippen molar-refractivity contribution in [1.29, 1.82) is 0 Å². The fraction of sp³-hybridized carbons (Fsp3) is 0.824. The maximum atomic E-state index is 13.0. The number of carbonyl (C=O) groups excluding carboxylic acids is 1. The molecule has 0 saturated heterocycles. The fourth-order valence-electron chi connectivity index (χ4n) is 4.07. The molecule has 0 radical (unpaired) electrons. The van der Waals surface area contributed by atoms with E-state index < -0.39 is 0 Å². The third kappa shape index (κ3) is 4.05. The van der Waals surface area contributed by atoms with Crippen molar-refractivity contribution >= 4 is 17.7 Å². The van der Waals surface area contributed by atoms with E-state index in [1.165, 1.54) is 80.6 Å². The number of hydrogen-bond acceptors (Lipinski definition) is 5. The minimum absolute atomic E-state index is 0.249. The van der Waals surface area contributed by atoms with Gasteiger partial charge in [-0.05, 0) is 32.6 Å². The predicted octanol–water partition coefficient (Wildman–Crippen LogP) is 2.89. The summed E-state index contributed by atoms with van der Waals surface area (Å²) in [4.78, 5) is 15.3. The Labute approximate surface area is 148 Å². The van der Waals surface area contributed by atoms with Crippen LogP contribution in [-0.2, 0) is 4.79 Å². The van der Waals surface area contributed by atoms with Gasteiger partial charge in [-0.15, -0.1) is 10.2 Å². The maximum Gasteiger partial charge on any atom is 0.233 e. The van der Waals surface area contributed by atoms with Crippen molar-refractivity contribution in [3.8, 4) is 0 Å². The van der Waals surface area contributed by atoms with Crippen LogP contribution in [0, 0.1) is 6.92 Å². The number of amides is 1. The average Bonchev–Trinajstić information content (AvgIpc) is 2.94. The number of carbonyl (C=O) groups is 1. The van der Waals surface area contributed by atoms with Crippen molar-refractivity contribution in [2.45, 2.75) is 88.4 Å². The van der Waals surface area contributed by atoms with Crippen LogP contribution in [-0.4, -0.2) is 43.5 Å². The molecule has 134 valence electrons. The summed E-state index contributed by atoms with van der Waals surface area (Å²) < 4.78 is 1.46. The van der Waals surface area contributed by atoms with Gasteiger partial charge >= 0.3 is 0 Å². The lowest BCUT2D eigenvalue weighted by Crippen LogP contribution is -2.49. The highest BCUT2D eigenvalue weighted by atomic mass is 32.2. The van der Waals surface area contributed by atoms with Crippen molar-refractivity contribution in [1.82, 2.24) is 19.8 Å².